The number of carbonyl (C=O) groups excluding carboxylic acids is 3. The van der Waals surface area contributed by atoms with E-state index < -0.39 is 28.4 Å². The van der Waals surface area contributed by atoms with Crippen molar-refractivity contribution in [2.24, 2.45) is 0 Å². The first-order valence-electron chi connectivity index (χ1n) is 13.0. The van der Waals surface area contributed by atoms with Crippen molar-refractivity contribution in [1.82, 2.24) is 5.32 Å². The van der Waals surface area contributed by atoms with Gasteiger partial charge in [-0.2, -0.15) is 0 Å². The van der Waals surface area contributed by atoms with Crippen molar-refractivity contribution in [1.29, 1.82) is 0 Å². The number of fused-ring (bicyclic) bond motifs is 2. The topological polar surface area (TPSA) is 133 Å². The lowest BCUT2D eigenvalue weighted by Crippen LogP contribution is -2.46. The zero-order valence-electron chi connectivity index (χ0n) is 21.4. The third kappa shape index (κ3) is 6.99. The smallest absolute Gasteiger partial charge is 0.240 e. The Kier molecular flexibility index (Phi) is 8.50. The Morgan fingerprint density at radius 2 is 1.51 bits per heavy atom. The maximum Gasteiger partial charge on any atom is 0.240 e. The Morgan fingerprint density at radius 3 is 2.33 bits per heavy atom. The Morgan fingerprint density at radius 1 is 0.821 bits per heavy atom. The first-order chi connectivity index (χ1) is 18.9. The SMILES string of the molecule is O=C(CS(=O)CC(=O)N(CC(=O)NC1CCCCC1)c1ccc2c(c1)OCCO2)Nc1ccc2c(c1)OCO2. The second-order valence-electron chi connectivity index (χ2n) is 9.56. The van der Waals surface area contributed by atoms with E-state index in [-0.39, 0.29) is 31.0 Å². The van der Waals surface area contributed by atoms with Gasteiger partial charge in [0.05, 0.1) is 0 Å². The summed E-state index contributed by atoms with van der Waals surface area (Å²) in [5, 5.41) is 5.68. The number of hydrogen-bond acceptors (Lipinski definition) is 8. The van der Waals surface area contributed by atoms with Crippen molar-refractivity contribution in [3.05, 3.63) is 36.4 Å². The van der Waals surface area contributed by atoms with Gasteiger partial charge in [0.25, 0.3) is 0 Å². The lowest BCUT2D eigenvalue weighted by Gasteiger charge is -2.27. The normalized spacial score (nSPS) is 16.7. The minimum absolute atomic E-state index is 0.0810. The van der Waals surface area contributed by atoms with Crippen LogP contribution in [0.2, 0.25) is 0 Å². The zero-order valence-corrected chi connectivity index (χ0v) is 22.3. The largest absolute Gasteiger partial charge is 0.486 e. The minimum atomic E-state index is -1.82. The highest BCUT2D eigenvalue weighted by Gasteiger charge is 2.26. The van der Waals surface area contributed by atoms with Gasteiger partial charge in [-0.25, -0.2) is 0 Å². The second kappa shape index (κ2) is 12.4. The molecular formula is C27H31N3O8S. The Balaban J connectivity index is 1.23. The second-order valence-corrected chi connectivity index (χ2v) is 11.0. The number of nitrogens with one attached hydrogen (secondary N) is 2. The maximum absolute atomic E-state index is 13.3. The molecule has 12 heteroatoms. The number of hydrogen-bond donors (Lipinski definition) is 2. The van der Waals surface area contributed by atoms with E-state index in [1.54, 1.807) is 36.4 Å². The molecule has 208 valence electrons. The van der Waals surface area contributed by atoms with Gasteiger partial charge in [0, 0.05) is 40.3 Å². The highest BCUT2D eigenvalue weighted by molar-refractivity contribution is 7.86. The summed E-state index contributed by atoms with van der Waals surface area (Å²) >= 11 is 0. The van der Waals surface area contributed by atoms with Gasteiger partial charge in [-0.05, 0) is 37.1 Å². The van der Waals surface area contributed by atoms with Crippen LogP contribution in [0.15, 0.2) is 36.4 Å². The monoisotopic (exact) mass is 557 g/mol. The summed E-state index contributed by atoms with van der Waals surface area (Å²) in [5.41, 5.74) is 0.884. The number of amides is 3. The fraction of sp³-hybridized carbons (Fsp3) is 0.444. The first kappa shape index (κ1) is 26.8. The molecule has 1 aliphatic carbocycles. The molecule has 0 saturated heterocycles. The number of nitrogens with zero attached hydrogens (tertiary/aromatic N) is 1. The van der Waals surface area contributed by atoms with E-state index in [1.807, 2.05) is 0 Å². The molecule has 1 unspecified atom stereocenters. The maximum atomic E-state index is 13.3. The van der Waals surface area contributed by atoms with Crippen LogP contribution in [-0.4, -0.2) is 66.0 Å². The van der Waals surface area contributed by atoms with Gasteiger partial charge in [-0.15, -0.1) is 0 Å². The molecule has 2 N–H and O–H groups in total. The molecule has 1 saturated carbocycles. The summed E-state index contributed by atoms with van der Waals surface area (Å²) in [7, 11) is -1.82. The fourth-order valence-corrected chi connectivity index (χ4v) is 5.67. The Hall–Kier alpha value is -3.80. The van der Waals surface area contributed by atoms with Gasteiger partial charge in [0.15, 0.2) is 23.0 Å². The van der Waals surface area contributed by atoms with Crippen molar-refractivity contribution in [2.45, 2.75) is 38.1 Å². The average molecular weight is 558 g/mol. The lowest BCUT2D eigenvalue weighted by atomic mass is 9.95. The molecule has 3 amide bonds. The molecule has 0 radical (unpaired) electrons. The molecule has 2 heterocycles. The fourth-order valence-electron chi connectivity index (χ4n) is 4.77. The van der Waals surface area contributed by atoms with Crippen LogP contribution in [0.1, 0.15) is 32.1 Å². The van der Waals surface area contributed by atoms with E-state index in [2.05, 4.69) is 10.6 Å². The van der Waals surface area contributed by atoms with Crippen molar-refractivity contribution in [3.63, 3.8) is 0 Å². The minimum Gasteiger partial charge on any atom is -0.486 e. The predicted octanol–water partition coefficient (Wildman–Crippen LogP) is 2.36. The molecule has 0 bridgehead atoms. The van der Waals surface area contributed by atoms with E-state index in [1.165, 1.54) is 4.90 Å². The van der Waals surface area contributed by atoms with Gasteiger partial charge < -0.3 is 34.5 Å². The highest BCUT2D eigenvalue weighted by Crippen LogP contribution is 2.35. The van der Waals surface area contributed by atoms with Crippen LogP contribution in [-0.2, 0) is 25.2 Å². The number of benzene rings is 2. The zero-order chi connectivity index (χ0) is 27.2. The molecule has 1 atom stereocenters. The lowest BCUT2D eigenvalue weighted by molar-refractivity contribution is -0.123. The van der Waals surface area contributed by atoms with E-state index >= 15 is 0 Å². The molecule has 2 aliphatic heterocycles. The van der Waals surface area contributed by atoms with Crippen LogP contribution in [0.3, 0.4) is 0 Å². The van der Waals surface area contributed by atoms with Gasteiger partial charge in [0.2, 0.25) is 24.5 Å². The van der Waals surface area contributed by atoms with Gasteiger partial charge in [-0.3, -0.25) is 18.6 Å². The summed E-state index contributed by atoms with van der Waals surface area (Å²) < 4.78 is 34.6. The van der Waals surface area contributed by atoms with E-state index in [4.69, 9.17) is 18.9 Å². The third-order valence-electron chi connectivity index (χ3n) is 6.64. The van der Waals surface area contributed by atoms with E-state index in [0.29, 0.717) is 47.6 Å². The molecule has 39 heavy (non-hydrogen) atoms. The van der Waals surface area contributed by atoms with Crippen LogP contribution < -0.4 is 34.5 Å². The van der Waals surface area contributed by atoms with Crippen LogP contribution in [0.25, 0.3) is 0 Å². The van der Waals surface area contributed by atoms with Gasteiger partial charge >= 0.3 is 0 Å². The number of ether oxygens (including phenoxy) is 4. The molecule has 2 aromatic rings. The van der Waals surface area contributed by atoms with Crippen LogP contribution in [0.5, 0.6) is 23.0 Å². The van der Waals surface area contributed by atoms with Gasteiger partial charge in [-0.1, -0.05) is 19.3 Å². The highest BCUT2D eigenvalue weighted by atomic mass is 32.2. The van der Waals surface area contributed by atoms with Crippen molar-refractivity contribution in [2.75, 3.05) is 48.3 Å². The summed E-state index contributed by atoms with van der Waals surface area (Å²) in [5.74, 6) is -0.0682. The first-order valence-corrected chi connectivity index (χ1v) is 14.5. The molecule has 2 aromatic carbocycles. The molecule has 3 aliphatic rings. The predicted molar refractivity (Wildman–Crippen MR) is 144 cm³/mol. The molecule has 11 nitrogen and oxygen atoms in total. The Bertz CT molecular complexity index is 1260. The quantitative estimate of drug-likeness (QED) is 0.480. The third-order valence-corrected chi connectivity index (χ3v) is 7.80. The average Bonchev–Trinajstić information content (AvgIpc) is 3.40. The standard InChI is InChI=1S/C27H31N3O8S/c31-25(28-18-4-2-1-3-5-18)14-30(20-7-9-21-24(13-20)36-11-10-35-21)27(33)16-39(34)15-26(32)29-19-6-8-22-23(12-19)38-17-37-22/h6-9,12-13,18H,1-5,10-11,14-17H2,(H,28,31)(H,29,32). The molecule has 0 aromatic heterocycles. The molecule has 1 fully saturated rings. The van der Waals surface area contributed by atoms with E-state index in [9.17, 15) is 18.6 Å². The van der Waals surface area contributed by atoms with Crippen LogP contribution in [0.4, 0.5) is 11.4 Å². The molecular weight excluding hydrogens is 526 g/mol. The van der Waals surface area contributed by atoms with Crippen LogP contribution >= 0.6 is 0 Å². The van der Waals surface area contributed by atoms with Crippen molar-refractivity contribution in [3.8, 4) is 23.0 Å². The number of anilines is 2. The summed E-state index contributed by atoms with van der Waals surface area (Å²) in [6, 6.07) is 9.99. The van der Waals surface area contributed by atoms with Crippen LogP contribution in [0, 0.1) is 0 Å². The van der Waals surface area contributed by atoms with E-state index in [0.717, 1.165) is 32.1 Å². The van der Waals surface area contributed by atoms with Crippen molar-refractivity contribution < 1.29 is 37.5 Å². The van der Waals surface area contributed by atoms with Gasteiger partial charge in [0.1, 0.15) is 31.3 Å². The number of carbonyl (C=O) groups is 3. The molecule has 5 rings (SSSR count). The Labute approximate surface area is 228 Å². The molecule has 0 spiro atoms. The summed E-state index contributed by atoms with van der Waals surface area (Å²) in [6.07, 6.45) is 5.09. The van der Waals surface area contributed by atoms with Crippen molar-refractivity contribution >= 4 is 39.9 Å². The summed E-state index contributed by atoms with van der Waals surface area (Å²) in [4.78, 5) is 40.0. The number of rotatable bonds is 9. The summed E-state index contributed by atoms with van der Waals surface area (Å²) in [6.45, 7) is 0.661.